The molecule has 0 aliphatic carbocycles. The maximum Gasteiger partial charge on any atom is 0.281 e. The molecule has 44 heavy (non-hydrogen) atoms. The van der Waals surface area contributed by atoms with Crippen LogP contribution in [0.4, 0.5) is 17.6 Å². The molecule has 0 bridgehead atoms. The van der Waals surface area contributed by atoms with E-state index in [1.165, 1.54) is 12.1 Å². The Morgan fingerprint density at radius 2 is 1.73 bits per heavy atom. The number of carbonyl (C=O) groups excluding carboxylic acids is 2. The second kappa shape index (κ2) is 10.2. The zero-order valence-corrected chi connectivity index (χ0v) is 24.8. The van der Waals surface area contributed by atoms with Crippen molar-refractivity contribution in [3.8, 4) is 5.75 Å². The summed E-state index contributed by atoms with van der Waals surface area (Å²) in [5.74, 6) is -2.25. The average Bonchev–Trinajstić information content (AvgIpc) is 3.70. The number of alkyl halides is 4. The third-order valence-corrected chi connectivity index (χ3v) is 10.5. The van der Waals surface area contributed by atoms with Crippen molar-refractivity contribution in [2.75, 3.05) is 0 Å². The molecule has 0 saturated carbocycles. The predicted octanol–water partition coefficient (Wildman–Crippen LogP) is 6.67. The van der Waals surface area contributed by atoms with Crippen LogP contribution in [0.3, 0.4) is 0 Å². The number of carbonyl (C=O) groups is 2. The number of aliphatic imine (C=N–C) groups is 1. The van der Waals surface area contributed by atoms with Gasteiger partial charge < -0.3 is 10.1 Å². The molecule has 7 rings (SSSR count). The smallest absolute Gasteiger partial charge is 0.281 e. The zero-order valence-electron chi connectivity index (χ0n) is 22.4. The fourth-order valence-corrected chi connectivity index (χ4v) is 8.74. The van der Waals surface area contributed by atoms with Crippen LogP contribution < -0.4 is 5.56 Å². The number of hydrogen-bond donors (Lipinski definition) is 2. The molecule has 0 fully saturated rings. The Bertz CT molecular complexity index is 2220. The van der Waals surface area contributed by atoms with Crippen LogP contribution in [-0.4, -0.2) is 42.7 Å². The SMILES string of the molecule is Cc1cc(C(F)F)nc2c1C1=NC(=O)/C(=C(/c3cccs3)c3c(O)c4sc5nc(C(F)F)cc(C)c5c4[nH]c3=O)C(=O)C1S2. The first kappa shape index (κ1) is 28.6. The molecule has 222 valence electrons. The second-order valence-corrected chi connectivity index (χ2v) is 13.1. The van der Waals surface area contributed by atoms with Crippen LogP contribution >= 0.6 is 34.4 Å². The fraction of sp³-hybridized carbons (Fsp3) is 0.172. The van der Waals surface area contributed by atoms with Crippen molar-refractivity contribution in [1.29, 1.82) is 0 Å². The summed E-state index contributed by atoms with van der Waals surface area (Å²) in [5.41, 5.74) is -1.34. The van der Waals surface area contributed by atoms with Crippen LogP contribution in [0.15, 0.2) is 50.0 Å². The van der Waals surface area contributed by atoms with Gasteiger partial charge in [-0.2, -0.15) is 0 Å². The molecule has 8 nitrogen and oxygen atoms in total. The summed E-state index contributed by atoms with van der Waals surface area (Å²) in [6.45, 7) is 3.14. The lowest BCUT2D eigenvalue weighted by Gasteiger charge is -2.20. The number of amides is 1. The Balaban J connectivity index is 1.47. The summed E-state index contributed by atoms with van der Waals surface area (Å²) in [6.07, 6.45) is -5.68. The fourth-order valence-electron chi connectivity index (χ4n) is 5.53. The number of aromatic hydroxyl groups is 1. The minimum Gasteiger partial charge on any atom is -0.506 e. The summed E-state index contributed by atoms with van der Waals surface area (Å²) in [4.78, 5) is 56.8. The van der Waals surface area contributed by atoms with Crippen LogP contribution in [0.5, 0.6) is 5.75 Å². The lowest BCUT2D eigenvalue weighted by Crippen LogP contribution is -2.35. The number of ketones is 1. The van der Waals surface area contributed by atoms with Gasteiger partial charge >= 0.3 is 0 Å². The van der Waals surface area contributed by atoms with Crippen molar-refractivity contribution < 1.29 is 32.3 Å². The second-order valence-electron chi connectivity index (χ2n) is 10.1. The summed E-state index contributed by atoms with van der Waals surface area (Å²) < 4.78 is 53.9. The summed E-state index contributed by atoms with van der Waals surface area (Å²) >= 11 is 2.87. The molecule has 1 unspecified atom stereocenters. The first-order valence-corrected chi connectivity index (χ1v) is 15.4. The molecule has 7 heterocycles. The van der Waals surface area contributed by atoms with Crippen molar-refractivity contribution in [3.05, 3.63) is 84.1 Å². The van der Waals surface area contributed by atoms with Crippen LogP contribution in [0.25, 0.3) is 26.0 Å². The maximum absolute atomic E-state index is 14.1. The van der Waals surface area contributed by atoms with Crippen molar-refractivity contribution >= 4 is 77.8 Å². The number of H-pyrrole nitrogens is 1. The molecule has 0 spiro atoms. The lowest BCUT2D eigenvalue weighted by molar-refractivity contribution is -0.120. The Morgan fingerprint density at radius 3 is 2.41 bits per heavy atom. The Morgan fingerprint density at radius 1 is 1.02 bits per heavy atom. The molecular formula is C29H16F4N4O4S3. The van der Waals surface area contributed by atoms with Crippen LogP contribution in [0.2, 0.25) is 0 Å². The number of aryl methyl sites for hydroxylation is 2. The van der Waals surface area contributed by atoms with Gasteiger partial charge in [0, 0.05) is 21.4 Å². The first-order valence-electron chi connectivity index (χ1n) is 12.9. The Hall–Kier alpha value is -4.21. The van der Waals surface area contributed by atoms with Gasteiger partial charge in [-0.05, 0) is 48.6 Å². The van der Waals surface area contributed by atoms with Gasteiger partial charge in [0.15, 0.2) is 5.78 Å². The molecule has 2 aliphatic rings. The number of thiophene rings is 2. The minimum atomic E-state index is -2.85. The number of Topliss-reactive ketones (excluding diaryl/α,β-unsaturated/α-hetero) is 1. The van der Waals surface area contributed by atoms with Crippen LogP contribution in [-0.2, 0) is 9.59 Å². The van der Waals surface area contributed by atoms with Gasteiger partial charge in [0.25, 0.3) is 24.3 Å². The van der Waals surface area contributed by atoms with E-state index in [-0.39, 0.29) is 36.9 Å². The monoisotopic (exact) mass is 656 g/mol. The highest BCUT2D eigenvalue weighted by Crippen LogP contribution is 2.47. The summed E-state index contributed by atoms with van der Waals surface area (Å²) in [6, 6.07) is 5.59. The van der Waals surface area contributed by atoms with E-state index in [0.717, 1.165) is 34.4 Å². The number of rotatable bonds is 4. The first-order chi connectivity index (χ1) is 21.0. The number of fused-ring (bicyclic) bond motifs is 6. The van der Waals surface area contributed by atoms with E-state index < -0.39 is 58.1 Å². The van der Waals surface area contributed by atoms with E-state index in [2.05, 4.69) is 19.9 Å². The van der Waals surface area contributed by atoms with E-state index in [4.69, 9.17) is 0 Å². The number of aromatic amines is 1. The molecule has 0 aromatic carbocycles. The number of hydrogen-bond acceptors (Lipinski definition) is 9. The van der Waals surface area contributed by atoms with Crippen molar-refractivity contribution in [2.24, 2.45) is 4.99 Å². The normalized spacial score (nSPS) is 17.6. The van der Waals surface area contributed by atoms with E-state index in [1.807, 2.05) is 0 Å². The lowest BCUT2D eigenvalue weighted by atomic mass is 9.89. The minimum absolute atomic E-state index is 0.0922. The Kier molecular flexibility index (Phi) is 6.60. The summed E-state index contributed by atoms with van der Waals surface area (Å²) in [7, 11) is 0. The molecule has 2 aliphatic heterocycles. The molecule has 5 aromatic heterocycles. The van der Waals surface area contributed by atoms with Crippen molar-refractivity contribution in [3.63, 3.8) is 0 Å². The molecule has 15 heteroatoms. The number of nitrogens with zero attached hydrogens (tertiary/aromatic N) is 3. The maximum atomic E-state index is 14.1. The number of halogens is 4. The predicted molar refractivity (Wildman–Crippen MR) is 160 cm³/mol. The van der Waals surface area contributed by atoms with Gasteiger partial charge in [-0.3, -0.25) is 14.4 Å². The largest absolute Gasteiger partial charge is 0.506 e. The van der Waals surface area contributed by atoms with Gasteiger partial charge in [0.1, 0.15) is 32.2 Å². The molecule has 0 saturated heterocycles. The van der Waals surface area contributed by atoms with Gasteiger partial charge in [0.05, 0.1) is 27.1 Å². The zero-order chi connectivity index (χ0) is 31.2. The standard InChI is InChI=1S/C29H16F4N4O4S3/c1-8-6-10(24(30)31)34-28-13(8)18-22(43-28)20(38)16(26(40)36-18)15(12-4-3-5-42-12)17-21(39)23-19(37-27(17)41)14-9(2)7-11(25(32)33)35-29(14)44-23/h3-7,22,24-25H,1-2H3,(H2,37,39,41)/b16-15-. The van der Waals surface area contributed by atoms with Gasteiger partial charge in [-0.15, -0.1) is 22.7 Å². The van der Waals surface area contributed by atoms with Gasteiger partial charge in [-0.1, -0.05) is 17.8 Å². The molecule has 2 N–H and O–H groups in total. The van der Waals surface area contributed by atoms with E-state index in [9.17, 15) is 37.1 Å². The topological polar surface area (TPSA) is 125 Å². The highest BCUT2D eigenvalue weighted by atomic mass is 32.2. The molecular weight excluding hydrogens is 641 g/mol. The van der Waals surface area contributed by atoms with E-state index in [0.29, 0.717) is 27.0 Å². The Labute approximate surface area is 256 Å². The third-order valence-electron chi connectivity index (χ3n) is 7.37. The van der Waals surface area contributed by atoms with Gasteiger partial charge in [0.2, 0.25) is 0 Å². The average molecular weight is 657 g/mol. The molecule has 0 radical (unpaired) electrons. The van der Waals surface area contributed by atoms with E-state index in [1.54, 1.807) is 31.4 Å². The number of thioether (sulfide) groups is 1. The number of nitrogens with one attached hydrogen (secondary N) is 1. The third kappa shape index (κ3) is 4.17. The summed E-state index contributed by atoms with van der Waals surface area (Å²) in [5, 5.41) is 12.6. The highest BCUT2D eigenvalue weighted by molar-refractivity contribution is 8.02. The van der Waals surface area contributed by atoms with Crippen LogP contribution in [0, 0.1) is 13.8 Å². The van der Waals surface area contributed by atoms with Crippen molar-refractivity contribution in [2.45, 2.75) is 37.0 Å². The number of aromatic nitrogens is 3. The molecule has 1 atom stereocenters. The van der Waals surface area contributed by atoms with E-state index >= 15 is 0 Å². The quantitative estimate of drug-likeness (QED) is 0.126. The number of pyridine rings is 3. The van der Waals surface area contributed by atoms with Crippen LogP contribution in [0.1, 0.15) is 51.4 Å². The highest BCUT2D eigenvalue weighted by Gasteiger charge is 2.46. The molecule has 1 amide bonds. The van der Waals surface area contributed by atoms with Gasteiger partial charge in [-0.25, -0.2) is 32.5 Å². The van der Waals surface area contributed by atoms with Crippen molar-refractivity contribution in [1.82, 2.24) is 15.0 Å². The molecule has 5 aromatic rings.